The van der Waals surface area contributed by atoms with Crippen molar-refractivity contribution in [2.75, 3.05) is 10.2 Å². The highest BCUT2D eigenvalue weighted by Crippen LogP contribution is 2.55. The first kappa shape index (κ1) is 24.7. The molecule has 9 heteroatoms. The summed E-state index contributed by atoms with van der Waals surface area (Å²) in [5.41, 5.74) is 3.30. The molecular formula is C31H25ClN4O4. The first-order valence-electron chi connectivity index (χ1n) is 13.1. The fourth-order valence-corrected chi connectivity index (χ4v) is 7.12. The van der Waals surface area contributed by atoms with E-state index in [1.54, 1.807) is 36.4 Å². The molecule has 2 fully saturated rings. The highest BCUT2D eigenvalue weighted by atomic mass is 35.5. The number of anilines is 2. The smallest absolute Gasteiger partial charge is 0.250 e. The van der Waals surface area contributed by atoms with E-state index < -0.39 is 29.3 Å². The van der Waals surface area contributed by atoms with E-state index in [4.69, 9.17) is 11.6 Å². The van der Waals surface area contributed by atoms with E-state index in [0.717, 1.165) is 22.0 Å². The molecule has 1 aromatic heterocycles. The number of nitrogens with one attached hydrogen (secondary N) is 3. The van der Waals surface area contributed by atoms with Crippen LogP contribution >= 0.6 is 11.6 Å². The van der Waals surface area contributed by atoms with Gasteiger partial charge in [0.1, 0.15) is 5.54 Å². The lowest BCUT2D eigenvalue weighted by molar-refractivity contribution is -0.130. The third-order valence-electron chi connectivity index (χ3n) is 8.63. The summed E-state index contributed by atoms with van der Waals surface area (Å²) in [7, 11) is 0. The second-order valence-electron chi connectivity index (χ2n) is 10.8. The fourth-order valence-electron chi connectivity index (χ4n) is 6.85. The Morgan fingerprint density at radius 1 is 1.02 bits per heavy atom. The molecule has 3 amide bonds. The Bertz CT molecular complexity index is 1780. The number of hydrogen-bond donors (Lipinski definition) is 3. The Morgan fingerprint density at radius 3 is 2.52 bits per heavy atom. The van der Waals surface area contributed by atoms with Crippen LogP contribution in [-0.4, -0.2) is 34.5 Å². The summed E-state index contributed by atoms with van der Waals surface area (Å²) in [6.07, 6.45) is 2.33. The number of rotatable bonds is 4. The number of aromatic amines is 1. The van der Waals surface area contributed by atoms with Crippen LogP contribution in [0, 0.1) is 18.8 Å². The zero-order valence-electron chi connectivity index (χ0n) is 21.7. The molecule has 2 saturated heterocycles. The molecule has 40 heavy (non-hydrogen) atoms. The van der Waals surface area contributed by atoms with Crippen LogP contribution < -0.4 is 15.5 Å². The molecule has 200 valence electrons. The number of ketones is 1. The summed E-state index contributed by atoms with van der Waals surface area (Å²) in [5, 5.41) is 7.92. The molecule has 4 heterocycles. The predicted octanol–water partition coefficient (Wildman–Crippen LogP) is 4.50. The Labute approximate surface area is 234 Å². The lowest BCUT2D eigenvalue weighted by Gasteiger charge is -2.29. The van der Waals surface area contributed by atoms with Crippen LogP contribution in [0.1, 0.15) is 34.0 Å². The molecular weight excluding hydrogens is 528 g/mol. The third kappa shape index (κ3) is 3.29. The van der Waals surface area contributed by atoms with Crippen LogP contribution in [0.2, 0.25) is 5.02 Å². The number of nitrogens with zero attached hydrogens (tertiary/aromatic N) is 1. The number of Topliss-reactive ketones (excluding diaryl/α,β-unsaturated/α-hetero) is 1. The van der Waals surface area contributed by atoms with Gasteiger partial charge < -0.3 is 10.3 Å². The lowest BCUT2D eigenvalue weighted by atomic mass is 9.76. The van der Waals surface area contributed by atoms with Crippen molar-refractivity contribution in [3.63, 3.8) is 0 Å². The number of H-pyrrole nitrogens is 1. The van der Waals surface area contributed by atoms with Gasteiger partial charge in [0.2, 0.25) is 17.7 Å². The van der Waals surface area contributed by atoms with Gasteiger partial charge in [-0.1, -0.05) is 29.8 Å². The van der Waals surface area contributed by atoms with Gasteiger partial charge in [0.05, 0.1) is 17.5 Å². The number of para-hydroxylation sites is 1. The number of aryl methyl sites for hydroxylation is 1. The third-order valence-corrected chi connectivity index (χ3v) is 8.85. The molecule has 0 aliphatic carbocycles. The lowest BCUT2D eigenvalue weighted by Crippen LogP contribution is -2.53. The number of halogens is 1. The van der Waals surface area contributed by atoms with Crippen LogP contribution in [0.15, 0.2) is 66.9 Å². The minimum Gasteiger partial charge on any atom is -0.361 e. The highest BCUT2D eigenvalue weighted by Gasteiger charge is 2.70. The van der Waals surface area contributed by atoms with Crippen molar-refractivity contribution in [1.29, 1.82) is 0 Å². The first-order chi connectivity index (χ1) is 19.2. The molecule has 0 saturated carbocycles. The van der Waals surface area contributed by atoms with Crippen molar-refractivity contribution < 1.29 is 19.2 Å². The number of benzene rings is 3. The maximum atomic E-state index is 14.2. The molecule has 3 aromatic carbocycles. The van der Waals surface area contributed by atoms with Crippen LogP contribution in [0.5, 0.6) is 0 Å². The summed E-state index contributed by atoms with van der Waals surface area (Å²) in [4.78, 5) is 58.5. The number of carbonyl (C=O) groups is 4. The van der Waals surface area contributed by atoms with E-state index in [9.17, 15) is 19.2 Å². The van der Waals surface area contributed by atoms with E-state index in [1.807, 2.05) is 37.4 Å². The molecule has 0 bridgehead atoms. The first-order valence-corrected chi connectivity index (χ1v) is 13.5. The van der Waals surface area contributed by atoms with E-state index >= 15 is 0 Å². The summed E-state index contributed by atoms with van der Waals surface area (Å²) in [5.74, 6) is -3.11. The standard InChI is InChI=1S/C31H25ClN4O4/c1-15-11-19(32)13-22-27(15)34-30(40)31(22)26-25(24(35-31)12-18-14-33-23-6-4-3-5-21(18)23)28(38)36(29(26)39)20-9-7-17(8-10-20)16(2)37/h3-11,13-14,24-26,33,35H,12H2,1-2H3,(H,34,40)/t24-,25+,26+,31-/m0/s1. The van der Waals surface area contributed by atoms with Crippen molar-refractivity contribution in [3.05, 3.63) is 94.1 Å². The molecule has 8 nitrogen and oxygen atoms in total. The van der Waals surface area contributed by atoms with Gasteiger partial charge in [0, 0.05) is 45.0 Å². The number of imide groups is 1. The van der Waals surface area contributed by atoms with Crippen molar-refractivity contribution >= 4 is 57.4 Å². The highest BCUT2D eigenvalue weighted by molar-refractivity contribution is 6.31. The van der Waals surface area contributed by atoms with Crippen molar-refractivity contribution in [1.82, 2.24) is 10.3 Å². The predicted molar refractivity (Wildman–Crippen MR) is 151 cm³/mol. The monoisotopic (exact) mass is 552 g/mol. The minimum absolute atomic E-state index is 0.115. The number of aromatic nitrogens is 1. The molecule has 4 aromatic rings. The molecule has 7 rings (SSSR count). The van der Waals surface area contributed by atoms with Gasteiger partial charge in [-0.25, -0.2) is 4.90 Å². The molecule has 3 N–H and O–H groups in total. The summed E-state index contributed by atoms with van der Waals surface area (Å²) in [6.45, 7) is 3.31. The van der Waals surface area contributed by atoms with Gasteiger partial charge in [0.15, 0.2) is 5.78 Å². The van der Waals surface area contributed by atoms with Gasteiger partial charge >= 0.3 is 0 Å². The van der Waals surface area contributed by atoms with E-state index in [0.29, 0.717) is 33.9 Å². The Balaban J connectivity index is 1.38. The van der Waals surface area contributed by atoms with E-state index in [2.05, 4.69) is 15.6 Å². The van der Waals surface area contributed by atoms with Gasteiger partial charge in [-0.05, 0) is 73.9 Å². The average Bonchev–Trinajstić information content (AvgIpc) is 3.64. The SMILES string of the molecule is CC(=O)c1ccc(N2C(=O)[C@@H]3[C@H](Cc4c[nH]c5ccccc45)N[C@]4(C(=O)Nc5c(C)cc(Cl)cc54)[C@H]3C2=O)cc1. The molecule has 0 radical (unpaired) electrons. The molecule has 1 spiro atoms. The van der Waals surface area contributed by atoms with Crippen LogP contribution in [-0.2, 0) is 26.3 Å². The maximum absolute atomic E-state index is 14.2. The number of hydrogen-bond acceptors (Lipinski definition) is 5. The fraction of sp³-hybridized carbons (Fsp3) is 0.226. The largest absolute Gasteiger partial charge is 0.361 e. The Morgan fingerprint density at radius 2 is 1.77 bits per heavy atom. The summed E-state index contributed by atoms with van der Waals surface area (Å²) in [6, 6.07) is 17.3. The van der Waals surface area contributed by atoms with Crippen LogP contribution in [0.4, 0.5) is 11.4 Å². The molecule has 3 aliphatic rings. The summed E-state index contributed by atoms with van der Waals surface area (Å²) >= 11 is 6.47. The molecule has 3 aliphatic heterocycles. The Hall–Kier alpha value is -4.27. The number of fused-ring (bicyclic) bond motifs is 5. The van der Waals surface area contributed by atoms with Crippen LogP contribution in [0.25, 0.3) is 10.9 Å². The van der Waals surface area contributed by atoms with Crippen molar-refractivity contribution in [2.45, 2.75) is 31.8 Å². The molecule has 0 unspecified atom stereocenters. The summed E-state index contributed by atoms with van der Waals surface area (Å²) < 4.78 is 0. The minimum atomic E-state index is -1.47. The van der Waals surface area contributed by atoms with Crippen molar-refractivity contribution in [3.8, 4) is 0 Å². The van der Waals surface area contributed by atoms with Crippen molar-refractivity contribution in [2.24, 2.45) is 11.8 Å². The quantitative estimate of drug-likeness (QED) is 0.255. The topological polar surface area (TPSA) is 111 Å². The van der Waals surface area contributed by atoms with Gasteiger partial charge in [-0.3, -0.25) is 24.5 Å². The Kier molecular flexibility index (Phi) is 5.33. The van der Waals surface area contributed by atoms with Crippen LogP contribution in [0.3, 0.4) is 0 Å². The normalized spacial score (nSPS) is 25.1. The van der Waals surface area contributed by atoms with Gasteiger partial charge in [-0.15, -0.1) is 0 Å². The molecule has 4 atom stereocenters. The zero-order chi connectivity index (χ0) is 27.9. The van der Waals surface area contributed by atoms with Gasteiger partial charge in [-0.2, -0.15) is 0 Å². The van der Waals surface area contributed by atoms with E-state index in [1.165, 1.54) is 11.8 Å². The second-order valence-corrected chi connectivity index (χ2v) is 11.3. The van der Waals surface area contributed by atoms with E-state index in [-0.39, 0.29) is 17.6 Å². The zero-order valence-corrected chi connectivity index (χ0v) is 22.5. The number of carbonyl (C=O) groups excluding carboxylic acids is 4. The maximum Gasteiger partial charge on any atom is 0.250 e. The average molecular weight is 553 g/mol. The van der Waals surface area contributed by atoms with Gasteiger partial charge in [0.25, 0.3) is 0 Å². The second kappa shape index (κ2) is 8.61. The number of amides is 3.